The lowest BCUT2D eigenvalue weighted by Crippen LogP contribution is -2.19. The minimum absolute atomic E-state index is 0.210. The summed E-state index contributed by atoms with van der Waals surface area (Å²) in [6.07, 6.45) is 3.09. The SMILES string of the molecule is C/C=C\C(=O)Nc1ccc(NC(=O)Nc2ccc(-c3cc(C)nc4noc(N)c34)cc2)cc1. The molecule has 2 heterocycles. The molecule has 33 heavy (non-hydrogen) atoms. The third-order valence-corrected chi connectivity index (χ3v) is 4.79. The van der Waals surface area contributed by atoms with Crippen molar-refractivity contribution in [2.45, 2.75) is 13.8 Å². The minimum atomic E-state index is -0.390. The number of urea groups is 1. The number of rotatable bonds is 5. The number of fused-ring (bicyclic) bond motifs is 1. The van der Waals surface area contributed by atoms with Crippen molar-refractivity contribution in [2.75, 3.05) is 21.7 Å². The van der Waals surface area contributed by atoms with Crippen LogP contribution >= 0.6 is 0 Å². The summed E-state index contributed by atoms with van der Waals surface area (Å²) < 4.78 is 5.08. The second-order valence-corrected chi connectivity index (χ2v) is 7.28. The summed E-state index contributed by atoms with van der Waals surface area (Å²) in [5, 5.41) is 12.8. The molecule has 0 spiro atoms. The molecule has 2 aromatic heterocycles. The van der Waals surface area contributed by atoms with E-state index in [0.29, 0.717) is 28.1 Å². The molecule has 4 aromatic rings. The number of carbonyl (C=O) groups is 2. The van der Waals surface area contributed by atoms with Crippen LogP contribution in [0.4, 0.5) is 27.7 Å². The zero-order valence-corrected chi connectivity index (χ0v) is 18.0. The van der Waals surface area contributed by atoms with Crippen molar-refractivity contribution >= 4 is 45.9 Å². The first-order valence-corrected chi connectivity index (χ1v) is 10.2. The van der Waals surface area contributed by atoms with Gasteiger partial charge < -0.3 is 26.2 Å². The number of nitrogens with one attached hydrogen (secondary N) is 3. The number of aryl methyl sites for hydroxylation is 1. The molecule has 0 fully saturated rings. The van der Waals surface area contributed by atoms with Crippen molar-refractivity contribution in [3.05, 3.63) is 72.4 Å². The standard InChI is InChI=1S/C24H22N6O3/c1-3-4-20(31)27-16-9-11-18(12-10-16)29-24(32)28-17-7-5-15(6-8-17)19-13-14(2)26-23-21(19)22(25)33-30-23/h3-13H,25H2,1-2H3,(H,27,31)(H2,28,29,32)/b4-3-. The van der Waals surface area contributed by atoms with E-state index in [9.17, 15) is 9.59 Å². The van der Waals surface area contributed by atoms with Gasteiger partial charge in [0.05, 0.1) is 5.39 Å². The second kappa shape index (κ2) is 9.23. The Hall–Kier alpha value is -4.66. The van der Waals surface area contributed by atoms with E-state index in [1.54, 1.807) is 49.4 Å². The highest BCUT2D eigenvalue weighted by Crippen LogP contribution is 2.32. The first-order chi connectivity index (χ1) is 15.9. The molecule has 9 heteroatoms. The van der Waals surface area contributed by atoms with Gasteiger partial charge in [-0.2, -0.15) is 0 Å². The van der Waals surface area contributed by atoms with Crippen LogP contribution in [0.2, 0.25) is 0 Å². The summed E-state index contributed by atoms with van der Waals surface area (Å²) in [6, 6.07) is 15.7. The van der Waals surface area contributed by atoms with Crippen molar-refractivity contribution < 1.29 is 14.1 Å². The average Bonchev–Trinajstić information content (AvgIpc) is 3.15. The lowest BCUT2D eigenvalue weighted by molar-refractivity contribution is -0.111. The molecular weight excluding hydrogens is 420 g/mol. The van der Waals surface area contributed by atoms with Crippen LogP contribution in [-0.4, -0.2) is 22.1 Å². The van der Waals surface area contributed by atoms with Gasteiger partial charge in [0.2, 0.25) is 17.4 Å². The van der Waals surface area contributed by atoms with Gasteiger partial charge in [-0.1, -0.05) is 23.4 Å². The highest BCUT2D eigenvalue weighted by molar-refractivity contribution is 6.02. The average molecular weight is 442 g/mol. The molecular formula is C24H22N6O3. The summed E-state index contributed by atoms with van der Waals surface area (Å²) in [7, 11) is 0. The summed E-state index contributed by atoms with van der Waals surface area (Å²) >= 11 is 0. The fourth-order valence-corrected chi connectivity index (χ4v) is 3.33. The number of nitrogen functional groups attached to an aromatic ring is 1. The normalized spacial score (nSPS) is 11.0. The molecule has 0 atom stereocenters. The van der Waals surface area contributed by atoms with E-state index in [-0.39, 0.29) is 17.8 Å². The summed E-state index contributed by atoms with van der Waals surface area (Å²) in [6.45, 7) is 3.64. The zero-order chi connectivity index (χ0) is 23.4. The largest absolute Gasteiger partial charge is 0.367 e. The Morgan fingerprint density at radius 1 is 0.939 bits per heavy atom. The topological polar surface area (TPSA) is 135 Å². The van der Waals surface area contributed by atoms with Crippen molar-refractivity contribution in [3.8, 4) is 11.1 Å². The fraction of sp³-hybridized carbons (Fsp3) is 0.0833. The number of pyridine rings is 1. The Morgan fingerprint density at radius 2 is 1.52 bits per heavy atom. The number of nitrogens with zero attached hydrogens (tertiary/aromatic N) is 2. The lowest BCUT2D eigenvalue weighted by Gasteiger charge is -2.10. The van der Waals surface area contributed by atoms with Gasteiger partial charge in [-0.15, -0.1) is 0 Å². The third kappa shape index (κ3) is 4.99. The highest BCUT2D eigenvalue weighted by atomic mass is 16.5. The Labute approximate surface area is 189 Å². The molecule has 0 radical (unpaired) electrons. The molecule has 0 aliphatic carbocycles. The van der Waals surface area contributed by atoms with Crippen LogP contribution in [0.3, 0.4) is 0 Å². The second-order valence-electron chi connectivity index (χ2n) is 7.28. The van der Waals surface area contributed by atoms with Crippen molar-refractivity contribution in [1.29, 1.82) is 0 Å². The van der Waals surface area contributed by atoms with Crippen LogP contribution in [0.15, 0.2) is 71.3 Å². The van der Waals surface area contributed by atoms with Gasteiger partial charge in [-0.3, -0.25) is 4.79 Å². The molecule has 0 saturated carbocycles. The first kappa shape index (κ1) is 21.6. The van der Waals surface area contributed by atoms with Gasteiger partial charge in [0.25, 0.3) is 0 Å². The van der Waals surface area contributed by atoms with Crippen LogP contribution in [-0.2, 0) is 4.79 Å². The van der Waals surface area contributed by atoms with Crippen molar-refractivity contribution in [2.24, 2.45) is 0 Å². The predicted octanol–water partition coefficient (Wildman–Crippen LogP) is 4.94. The number of amides is 3. The van der Waals surface area contributed by atoms with Crippen LogP contribution in [0.1, 0.15) is 12.6 Å². The first-order valence-electron chi connectivity index (χ1n) is 10.2. The molecule has 0 bridgehead atoms. The van der Waals surface area contributed by atoms with Gasteiger partial charge in [-0.25, -0.2) is 9.78 Å². The monoisotopic (exact) mass is 442 g/mol. The van der Waals surface area contributed by atoms with E-state index in [1.165, 1.54) is 6.08 Å². The smallest absolute Gasteiger partial charge is 0.323 e. The summed E-state index contributed by atoms with van der Waals surface area (Å²) in [5.74, 6) is -0.00438. The van der Waals surface area contributed by atoms with Crippen LogP contribution < -0.4 is 21.7 Å². The van der Waals surface area contributed by atoms with E-state index in [4.69, 9.17) is 10.3 Å². The number of allylic oxidation sites excluding steroid dienone is 1. The molecule has 0 unspecified atom stereocenters. The summed E-state index contributed by atoms with van der Waals surface area (Å²) in [5.41, 5.74) is 10.8. The molecule has 5 N–H and O–H groups in total. The molecule has 166 valence electrons. The fourth-order valence-electron chi connectivity index (χ4n) is 3.33. The van der Waals surface area contributed by atoms with Crippen LogP contribution in [0.25, 0.3) is 22.2 Å². The van der Waals surface area contributed by atoms with Gasteiger partial charge >= 0.3 is 6.03 Å². The quantitative estimate of drug-likeness (QED) is 0.323. The van der Waals surface area contributed by atoms with E-state index >= 15 is 0 Å². The number of nitrogens with two attached hydrogens (primary N) is 1. The Morgan fingerprint density at radius 3 is 2.12 bits per heavy atom. The number of carbonyl (C=O) groups excluding carboxylic acids is 2. The molecule has 0 aliphatic rings. The molecule has 0 aliphatic heterocycles. The van der Waals surface area contributed by atoms with Gasteiger partial charge in [0.15, 0.2) is 0 Å². The van der Waals surface area contributed by atoms with Gasteiger partial charge in [-0.05, 0) is 68.0 Å². The number of benzene rings is 2. The van der Waals surface area contributed by atoms with E-state index in [1.807, 2.05) is 25.1 Å². The Bertz CT molecular complexity index is 1340. The van der Waals surface area contributed by atoms with Crippen LogP contribution in [0.5, 0.6) is 0 Å². The number of aromatic nitrogens is 2. The maximum Gasteiger partial charge on any atom is 0.323 e. The third-order valence-electron chi connectivity index (χ3n) is 4.79. The Kier molecular flexibility index (Phi) is 6.03. The predicted molar refractivity (Wildman–Crippen MR) is 129 cm³/mol. The van der Waals surface area contributed by atoms with E-state index in [0.717, 1.165) is 16.8 Å². The maximum absolute atomic E-state index is 12.4. The number of hydrogen-bond acceptors (Lipinski definition) is 6. The van der Waals surface area contributed by atoms with Crippen molar-refractivity contribution in [3.63, 3.8) is 0 Å². The number of anilines is 4. The lowest BCUT2D eigenvalue weighted by atomic mass is 10.0. The van der Waals surface area contributed by atoms with Crippen LogP contribution in [0, 0.1) is 6.92 Å². The highest BCUT2D eigenvalue weighted by Gasteiger charge is 2.14. The molecule has 0 saturated heterocycles. The zero-order valence-electron chi connectivity index (χ0n) is 18.0. The van der Waals surface area contributed by atoms with E-state index in [2.05, 4.69) is 26.1 Å². The summed E-state index contributed by atoms with van der Waals surface area (Å²) in [4.78, 5) is 28.3. The van der Waals surface area contributed by atoms with Gasteiger partial charge in [0, 0.05) is 28.3 Å². The van der Waals surface area contributed by atoms with E-state index < -0.39 is 0 Å². The minimum Gasteiger partial charge on any atom is -0.367 e. The Balaban J connectivity index is 1.42. The number of hydrogen-bond donors (Lipinski definition) is 4. The maximum atomic E-state index is 12.4. The van der Waals surface area contributed by atoms with Crippen molar-refractivity contribution in [1.82, 2.24) is 10.1 Å². The molecule has 4 rings (SSSR count). The van der Waals surface area contributed by atoms with Gasteiger partial charge in [0.1, 0.15) is 0 Å². The molecule has 3 amide bonds. The molecule has 2 aromatic carbocycles. The molecule has 9 nitrogen and oxygen atoms in total.